The van der Waals surface area contributed by atoms with Crippen LogP contribution in [0.1, 0.15) is 23.6 Å². The molecule has 0 saturated carbocycles. The van der Waals surface area contributed by atoms with Crippen LogP contribution < -0.4 is 4.74 Å². The maximum atomic E-state index is 8.86. The molecule has 2 aromatic carbocycles. The van der Waals surface area contributed by atoms with Crippen molar-refractivity contribution in [1.82, 2.24) is 0 Å². The van der Waals surface area contributed by atoms with E-state index in [1.807, 2.05) is 36.4 Å². The summed E-state index contributed by atoms with van der Waals surface area (Å²) < 4.78 is 5.74. The van der Waals surface area contributed by atoms with Gasteiger partial charge < -0.3 is 9.94 Å². The average Bonchev–Trinajstić information content (AvgIpc) is 2.53. The molecule has 0 atom stereocenters. The monoisotopic (exact) mass is 266 g/mol. The summed E-state index contributed by atoms with van der Waals surface area (Å²) in [5.41, 5.74) is 2.85. The van der Waals surface area contributed by atoms with Gasteiger partial charge in [-0.05, 0) is 36.8 Å². The molecule has 2 aromatic rings. The first-order chi connectivity index (χ1) is 9.74. The molecule has 20 heavy (non-hydrogen) atoms. The van der Waals surface area contributed by atoms with Gasteiger partial charge in [0.2, 0.25) is 0 Å². The maximum Gasteiger partial charge on any atom is 0.128 e. The van der Waals surface area contributed by atoms with E-state index in [2.05, 4.69) is 11.2 Å². The van der Waals surface area contributed by atoms with Crippen LogP contribution in [0.15, 0.2) is 53.7 Å². The van der Waals surface area contributed by atoms with Gasteiger partial charge in [0.1, 0.15) is 12.4 Å². The Morgan fingerprint density at radius 3 is 2.55 bits per heavy atom. The Morgan fingerprint density at radius 2 is 1.90 bits per heavy atom. The predicted octanol–water partition coefficient (Wildman–Crippen LogP) is 3.34. The average molecular weight is 266 g/mol. The smallest absolute Gasteiger partial charge is 0.128 e. The molecule has 1 N–H and O–H groups in total. The summed E-state index contributed by atoms with van der Waals surface area (Å²) in [5.74, 6) is 0.659. The van der Waals surface area contributed by atoms with Crippen molar-refractivity contribution in [2.45, 2.75) is 13.5 Å². The lowest BCUT2D eigenvalue weighted by molar-refractivity contribution is 0.303. The third-order valence-electron chi connectivity index (χ3n) is 2.90. The summed E-state index contributed by atoms with van der Waals surface area (Å²) in [6.07, 6.45) is 0. The molecule has 4 nitrogen and oxygen atoms in total. The minimum absolute atomic E-state index is 0.390. The minimum atomic E-state index is 0.390. The van der Waals surface area contributed by atoms with Gasteiger partial charge >= 0.3 is 0 Å². The lowest BCUT2D eigenvalue weighted by Crippen LogP contribution is -2.02. The molecule has 0 aromatic heterocycles. The zero-order valence-corrected chi connectivity index (χ0v) is 11.1. The highest BCUT2D eigenvalue weighted by atomic mass is 16.5. The highest BCUT2D eigenvalue weighted by molar-refractivity contribution is 6.00. The molecular weight excluding hydrogens is 252 g/mol. The second kappa shape index (κ2) is 6.39. The molecule has 0 aliphatic heterocycles. The maximum absolute atomic E-state index is 8.86. The normalized spacial score (nSPS) is 10.9. The van der Waals surface area contributed by atoms with E-state index < -0.39 is 0 Å². The summed E-state index contributed by atoms with van der Waals surface area (Å²) in [6.45, 7) is 2.10. The highest BCUT2D eigenvalue weighted by Crippen LogP contribution is 2.20. The molecule has 0 fully saturated rings. The fourth-order valence-electron chi connectivity index (χ4n) is 1.78. The van der Waals surface area contributed by atoms with Crippen molar-refractivity contribution in [3.8, 4) is 11.8 Å². The number of nitriles is 1. The minimum Gasteiger partial charge on any atom is -0.488 e. The first-order valence-electron chi connectivity index (χ1n) is 6.14. The number of oxime groups is 1. The van der Waals surface area contributed by atoms with Crippen molar-refractivity contribution in [2.24, 2.45) is 5.16 Å². The van der Waals surface area contributed by atoms with E-state index in [1.54, 1.807) is 19.1 Å². The number of benzene rings is 2. The molecular formula is C16H14N2O2. The first kappa shape index (κ1) is 13.6. The molecule has 100 valence electrons. The van der Waals surface area contributed by atoms with Crippen LogP contribution in [0.25, 0.3) is 0 Å². The van der Waals surface area contributed by atoms with Crippen LogP contribution in [0.3, 0.4) is 0 Å². The molecule has 2 rings (SSSR count). The van der Waals surface area contributed by atoms with Crippen molar-refractivity contribution in [3.63, 3.8) is 0 Å². The van der Waals surface area contributed by atoms with Gasteiger partial charge in [0.05, 0.1) is 17.3 Å². The quantitative estimate of drug-likeness (QED) is 0.524. The van der Waals surface area contributed by atoms with E-state index in [-0.39, 0.29) is 0 Å². The Balaban J connectivity index is 2.13. The fraction of sp³-hybridized carbons (Fsp3) is 0.125. The van der Waals surface area contributed by atoms with E-state index >= 15 is 0 Å². The Morgan fingerprint density at radius 1 is 1.20 bits per heavy atom. The largest absolute Gasteiger partial charge is 0.488 e. The number of para-hydroxylation sites is 1. The molecule has 4 heteroatoms. The second-order valence-corrected chi connectivity index (χ2v) is 4.28. The van der Waals surface area contributed by atoms with Crippen LogP contribution in [-0.2, 0) is 6.61 Å². The molecule has 0 radical (unpaired) electrons. The highest BCUT2D eigenvalue weighted by Gasteiger charge is 2.06. The van der Waals surface area contributed by atoms with Crippen LogP contribution in [0, 0.1) is 11.3 Å². The number of nitrogens with zero attached hydrogens (tertiary/aromatic N) is 2. The third-order valence-corrected chi connectivity index (χ3v) is 2.90. The number of rotatable bonds is 4. The van der Waals surface area contributed by atoms with E-state index in [0.717, 1.165) is 11.1 Å². The number of ether oxygens (including phenoxy) is 1. The van der Waals surface area contributed by atoms with Crippen molar-refractivity contribution < 1.29 is 9.94 Å². The van der Waals surface area contributed by atoms with E-state index in [9.17, 15) is 0 Å². The summed E-state index contributed by atoms with van der Waals surface area (Å²) in [7, 11) is 0. The van der Waals surface area contributed by atoms with Crippen molar-refractivity contribution in [2.75, 3.05) is 0 Å². The summed E-state index contributed by atoms with van der Waals surface area (Å²) in [5, 5.41) is 20.8. The van der Waals surface area contributed by atoms with Gasteiger partial charge in [-0.15, -0.1) is 0 Å². The summed E-state index contributed by atoms with van der Waals surface area (Å²) >= 11 is 0. The van der Waals surface area contributed by atoms with Crippen LogP contribution in [0.2, 0.25) is 0 Å². The van der Waals surface area contributed by atoms with Crippen LogP contribution in [0.4, 0.5) is 0 Å². The lowest BCUT2D eigenvalue weighted by Gasteiger charge is -2.10. The van der Waals surface area contributed by atoms with E-state index in [1.165, 1.54) is 0 Å². The molecule has 0 amide bonds. The first-order valence-corrected chi connectivity index (χ1v) is 6.14. The van der Waals surface area contributed by atoms with Gasteiger partial charge in [-0.1, -0.05) is 29.4 Å². The fourth-order valence-corrected chi connectivity index (χ4v) is 1.78. The van der Waals surface area contributed by atoms with E-state index in [4.69, 9.17) is 15.2 Å². The Kier molecular flexibility index (Phi) is 4.35. The molecule has 0 aliphatic carbocycles. The van der Waals surface area contributed by atoms with Gasteiger partial charge in [-0.25, -0.2) is 0 Å². The number of hydrogen-bond donors (Lipinski definition) is 1. The standard InChI is InChI=1S/C16H14N2O2/c1-12(18-19)15-4-2-3-5-16(15)20-11-14-8-6-13(10-17)7-9-14/h2-9,19H,11H2,1H3/b18-12+. The van der Waals surface area contributed by atoms with Gasteiger partial charge in [0, 0.05) is 5.56 Å². The zero-order chi connectivity index (χ0) is 14.4. The predicted molar refractivity (Wildman–Crippen MR) is 75.9 cm³/mol. The van der Waals surface area contributed by atoms with Crippen molar-refractivity contribution in [1.29, 1.82) is 5.26 Å². The van der Waals surface area contributed by atoms with Gasteiger partial charge in [-0.2, -0.15) is 5.26 Å². The Labute approximate surface area is 117 Å². The number of hydrogen-bond acceptors (Lipinski definition) is 4. The SMILES string of the molecule is C/C(=N\O)c1ccccc1OCc1ccc(C#N)cc1. The zero-order valence-electron chi connectivity index (χ0n) is 11.1. The van der Waals surface area contributed by atoms with Gasteiger partial charge in [0.15, 0.2) is 0 Å². The van der Waals surface area contributed by atoms with Crippen LogP contribution in [0.5, 0.6) is 5.75 Å². The summed E-state index contributed by atoms with van der Waals surface area (Å²) in [4.78, 5) is 0. The van der Waals surface area contributed by atoms with Crippen molar-refractivity contribution >= 4 is 5.71 Å². The van der Waals surface area contributed by atoms with Crippen LogP contribution >= 0.6 is 0 Å². The Bertz CT molecular complexity index is 655. The molecule has 0 bridgehead atoms. The summed E-state index contributed by atoms with van der Waals surface area (Å²) in [6, 6.07) is 16.7. The topological polar surface area (TPSA) is 65.6 Å². The molecule has 0 saturated heterocycles. The third kappa shape index (κ3) is 3.15. The Hall–Kier alpha value is -2.80. The van der Waals surface area contributed by atoms with Gasteiger partial charge in [0.25, 0.3) is 0 Å². The second-order valence-electron chi connectivity index (χ2n) is 4.28. The van der Waals surface area contributed by atoms with E-state index in [0.29, 0.717) is 23.6 Å². The lowest BCUT2D eigenvalue weighted by atomic mass is 10.1. The molecule has 0 heterocycles. The molecule has 0 spiro atoms. The van der Waals surface area contributed by atoms with Crippen molar-refractivity contribution in [3.05, 3.63) is 65.2 Å². The molecule has 0 aliphatic rings. The van der Waals surface area contributed by atoms with Gasteiger partial charge in [-0.3, -0.25) is 0 Å². The molecule has 0 unspecified atom stereocenters. The van der Waals surface area contributed by atoms with Crippen LogP contribution in [-0.4, -0.2) is 10.9 Å².